The van der Waals surface area contributed by atoms with Crippen LogP contribution in [0.4, 0.5) is 0 Å². The lowest BCUT2D eigenvalue weighted by Gasteiger charge is -2.27. The van der Waals surface area contributed by atoms with Gasteiger partial charge in [-0.1, -0.05) is 24.3 Å². The molecule has 0 aromatic rings. The van der Waals surface area contributed by atoms with Crippen LogP contribution in [0.25, 0.3) is 0 Å². The molecular weight excluding hydrogens is 208 g/mol. The van der Waals surface area contributed by atoms with Crippen LogP contribution in [0, 0.1) is 11.8 Å². The van der Waals surface area contributed by atoms with Crippen LogP contribution in [-0.4, -0.2) is 22.2 Å². The van der Waals surface area contributed by atoms with Crippen molar-refractivity contribution in [2.45, 2.75) is 12.8 Å². The van der Waals surface area contributed by atoms with Crippen molar-refractivity contribution in [3.8, 4) is 0 Å². The summed E-state index contributed by atoms with van der Waals surface area (Å²) in [7, 11) is 0. The summed E-state index contributed by atoms with van der Waals surface area (Å²) in [4.78, 5) is 22.1. The van der Waals surface area contributed by atoms with Crippen LogP contribution in [0.15, 0.2) is 35.5 Å². The van der Waals surface area contributed by atoms with Gasteiger partial charge in [-0.25, -0.2) is 0 Å². The molecule has 0 aromatic heterocycles. The highest BCUT2D eigenvalue weighted by atomic mass is 16.4. The molecule has 2 rings (SSSR count). The molecule has 0 spiro atoms. The minimum Gasteiger partial charge on any atom is -0.481 e. The zero-order valence-electron chi connectivity index (χ0n) is 8.59. The summed E-state index contributed by atoms with van der Waals surface area (Å²) in [5.41, 5.74) is 1.48. The van der Waals surface area contributed by atoms with Crippen LogP contribution in [0.5, 0.6) is 0 Å². The van der Waals surface area contributed by atoms with Gasteiger partial charge in [0.05, 0.1) is 11.8 Å². The van der Waals surface area contributed by atoms with Crippen LogP contribution < -0.4 is 0 Å². The second kappa shape index (κ2) is 3.96. The van der Waals surface area contributed by atoms with E-state index < -0.39 is 23.8 Å². The van der Waals surface area contributed by atoms with E-state index in [-0.39, 0.29) is 0 Å². The van der Waals surface area contributed by atoms with Gasteiger partial charge in [-0.2, -0.15) is 0 Å². The average molecular weight is 220 g/mol. The molecule has 0 saturated carbocycles. The molecule has 0 aromatic carbocycles. The highest BCUT2D eigenvalue weighted by Crippen LogP contribution is 2.36. The Bertz CT molecular complexity index is 388. The predicted octanol–water partition coefficient (Wildman–Crippen LogP) is 1.60. The van der Waals surface area contributed by atoms with Crippen molar-refractivity contribution in [2.75, 3.05) is 0 Å². The van der Waals surface area contributed by atoms with Gasteiger partial charge in [-0.15, -0.1) is 0 Å². The summed E-state index contributed by atoms with van der Waals surface area (Å²) in [5.74, 6) is -3.14. The first-order valence-corrected chi connectivity index (χ1v) is 5.12. The smallest absolute Gasteiger partial charge is 0.314 e. The fraction of sp³-hybridized carbons (Fsp3) is 0.333. The van der Waals surface area contributed by atoms with Crippen LogP contribution in [0.1, 0.15) is 12.8 Å². The molecule has 84 valence electrons. The monoisotopic (exact) mass is 220 g/mol. The van der Waals surface area contributed by atoms with Gasteiger partial charge in [0.1, 0.15) is 0 Å². The average Bonchev–Trinajstić information content (AvgIpc) is 2.27. The Labute approximate surface area is 92.6 Å². The van der Waals surface area contributed by atoms with E-state index in [1.807, 2.05) is 0 Å². The molecule has 2 N–H and O–H groups in total. The van der Waals surface area contributed by atoms with Crippen molar-refractivity contribution in [1.29, 1.82) is 0 Å². The summed E-state index contributed by atoms with van der Waals surface area (Å²) >= 11 is 0. The predicted molar refractivity (Wildman–Crippen MR) is 56.8 cm³/mol. The Hall–Kier alpha value is -1.84. The van der Waals surface area contributed by atoms with E-state index in [0.717, 1.165) is 11.1 Å². The summed E-state index contributed by atoms with van der Waals surface area (Å²) < 4.78 is 0. The number of allylic oxidation sites excluding steroid dienone is 2. The highest BCUT2D eigenvalue weighted by Gasteiger charge is 2.31. The molecule has 2 aliphatic rings. The highest BCUT2D eigenvalue weighted by molar-refractivity contribution is 5.81. The first-order chi connectivity index (χ1) is 7.61. The number of carboxylic acids is 2. The third-order valence-corrected chi connectivity index (χ3v) is 3.03. The Morgan fingerprint density at radius 3 is 1.62 bits per heavy atom. The third kappa shape index (κ3) is 1.66. The third-order valence-electron chi connectivity index (χ3n) is 3.03. The zero-order chi connectivity index (χ0) is 11.7. The molecule has 2 atom stereocenters. The molecular formula is C12H12O4. The SMILES string of the molecule is O=C(O)C1C=CCC2=C1CC=CC2C(=O)O. The van der Waals surface area contributed by atoms with E-state index in [2.05, 4.69) is 0 Å². The molecule has 2 unspecified atom stereocenters. The molecule has 0 heterocycles. The largest absolute Gasteiger partial charge is 0.481 e. The minimum atomic E-state index is -0.914. The van der Waals surface area contributed by atoms with Crippen molar-refractivity contribution in [3.63, 3.8) is 0 Å². The first-order valence-electron chi connectivity index (χ1n) is 5.12. The van der Waals surface area contributed by atoms with Gasteiger partial charge in [0.2, 0.25) is 0 Å². The fourth-order valence-electron chi connectivity index (χ4n) is 2.27. The number of rotatable bonds is 2. The molecule has 4 heteroatoms. The van der Waals surface area contributed by atoms with Crippen LogP contribution >= 0.6 is 0 Å². The Morgan fingerprint density at radius 1 is 0.938 bits per heavy atom. The van der Waals surface area contributed by atoms with Crippen molar-refractivity contribution in [1.82, 2.24) is 0 Å². The van der Waals surface area contributed by atoms with Crippen LogP contribution in [0.3, 0.4) is 0 Å². The number of carbonyl (C=O) groups is 2. The van der Waals surface area contributed by atoms with E-state index >= 15 is 0 Å². The molecule has 0 aliphatic heterocycles. The van der Waals surface area contributed by atoms with E-state index in [1.54, 1.807) is 24.3 Å². The van der Waals surface area contributed by atoms with E-state index in [9.17, 15) is 9.59 Å². The van der Waals surface area contributed by atoms with Crippen molar-refractivity contribution < 1.29 is 19.8 Å². The Kier molecular flexibility index (Phi) is 2.64. The van der Waals surface area contributed by atoms with Gasteiger partial charge >= 0.3 is 11.9 Å². The van der Waals surface area contributed by atoms with E-state index in [1.165, 1.54) is 0 Å². The van der Waals surface area contributed by atoms with Crippen LogP contribution in [0.2, 0.25) is 0 Å². The quantitative estimate of drug-likeness (QED) is 0.693. The fourth-order valence-corrected chi connectivity index (χ4v) is 2.27. The maximum Gasteiger partial charge on any atom is 0.314 e. The first kappa shape index (κ1) is 10.7. The summed E-state index contributed by atoms with van der Waals surface area (Å²) in [6, 6.07) is 0. The maximum atomic E-state index is 11.0. The molecule has 0 saturated heterocycles. The minimum absolute atomic E-state index is 0.542. The second-order valence-corrected chi connectivity index (χ2v) is 3.95. The van der Waals surface area contributed by atoms with Crippen LogP contribution in [-0.2, 0) is 9.59 Å². The van der Waals surface area contributed by atoms with Crippen molar-refractivity contribution in [3.05, 3.63) is 35.5 Å². The topological polar surface area (TPSA) is 74.6 Å². The van der Waals surface area contributed by atoms with Gasteiger partial charge < -0.3 is 10.2 Å². The Balaban J connectivity index is 2.39. The van der Waals surface area contributed by atoms with E-state index in [4.69, 9.17) is 10.2 Å². The van der Waals surface area contributed by atoms with Gasteiger partial charge in [0.15, 0.2) is 0 Å². The Morgan fingerprint density at radius 2 is 1.31 bits per heavy atom. The lowest BCUT2D eigenvalue weighted by Crippen LogP contribution is -2.25. The second-order valence-electron chi connectivity index (χ2n) is 3.95. The lowest BCUT2D eigenvalue weighted by molar-refractivity contribution is -0.140. The van der Waals surface area contributed by atoms with Gasteiger partial charge in [0, 0.05) is 0 Å². The lowest BCUT2D eigenvalue weighted by atomic mass is 9.77. The van der Waals surface area contributed by atoms with Gasteiger partial charge in [-0.3, -0.25) is 9.59 Å². The summed E-state index contributed by atoms with van der Waals surface area (Å²) in [6.07, 6.45) is 7.85. The zero-order valence-corrected chi connectivity index (χ0v) is 8.59. The van der Waals surface area contributed by atoms with E-state index in [0.29, 0.717) is 12.8 Å². The van der Waals surface area contributed by atoms with Gasteiger partial charge in [0.25, 0.3) is 0 Å². The number of carboxylic acid groups (broad SMARTS) is 2. The number of hydrogen-bond donors (Lipinski definition) is 2. The number of aliphatic carboxylic acids is 2. The summed E-state index contributed by atoms with van der Waals surface area (Å²) in [5, 5.41) is 18.1. The standard InChI is InChI=1S/C12H12O4/c13-11(14)9-5-1-3-7-8(9)4-2-6-10(7)12(15)16/h1-2,5-6,9-10H,3-4H2,(H,13,14)(H,15,16). The van der Waals surface area contributed by atoms with Crippen molar-refractivity contribution >= 4 is 11.9 Å². The molecule has 2 aliphatic carbocycles. The molecule has 4 nitrogen and oxygen atoms in total. The summed E-state index contributed by atoms with van der Waals surface area (Å²) in [6.45, 7) is 0. The molecule has 0 radical (unpaired) electrons. The molecule has 0 fully saturated rings. The molecule has 0 bridgehead atoms. The normalized spacial score (nSPS) is 27.8. The molecule has 16 heavy (non-hydrogen) atoms. The van der Waals surface area contributed by atoms with Gasteiger partial charge in [-0.05, 0) is 24.0 Å². The molecule has 0 amide bonds. The maximum absolute atomic E-state index is 11.0. The number of hydrogen-bond acceptors (Lipinski definition) is 2. The van der Waals surface area contributed by atoms with Crippen molar-refractivity contribution in [2.24, 2.45) is 11.8 Å².